The third-order valence-corrected chi connectivity index (χ3v) is 4.65. The van der Waals surface area contributed by atoms with Crippen molar-refractivity contribution in [1.29, 1.82) is 0 Å². The smallest absolute Gasteiger partial charge is 0.124 e. The van der Waals surface area contributed by atoms with Gasteiger partial charge in [-0.3, -0.25) is 0 Å². The van der Waals surface area contributed by atoms with Crippen LogP contribution in [0.3, 0.4) is 0 Å². The van der Waals surface area contributed by atoms with Crippen molar-refractivity contribution in [3.8, 4) is 0 Å². The average Bonchev–Trinajstić information content (AvgIpc) is 2.36. The highest BCUT2D eigenvalue weighted by molar-refractivity contribution is 9.10. The van der Waals surface area contributed by atoms with Crippen LogP contribution in [-0.4, -0.2) is 13.1 Å². The van der Waals surface area contributed by atoms with E-state index in [0.29, 0.717) is 0 Å². The van der Waals surface area contributed by atoms with Gasteiger partial charge >= 0.3 is 0 Å². The summed E-state index contributed by atoms with van der Waals surface area (Å²) in [6, 6.07) is 11.5. The van der Waals surface area contributed by atoms with E-state index in [1.165, 1.54) is 18.2 Å². The Kier molecular flexibility index (Phi) is 3.61. The van der Waals surface area contributed by atoms with Crippen molar-refractivity contribution in [1.82, 2.24) is 5.32 Å². The standard InChI is InChI=1S/C16H14BrF2N/c17-15-7-14(19)5-4-11(15)8-16(9-20-10-16)12-2-1-3-13(18)6-12/h1-7,20H,8-10H2. The maximum atomic E-state index is 13.4. The topological polar surface area (TPSA) is 12.0 Å². The number of hydrogen-bond donors (Lipinski definition) is 1. The first-order valence-corrected chi connectivity index (χ1v) is 7.29. The Hall–Kier alpha value is -1.26. The monoisotopic (exact) mass is 337 g/mol. The molecule has 0 atom stereocenters. The predicted octanol–water partition coefficient (Wildman–Crippen LogP) is 3.81. The van der Waals surface area contributed by atoms with E-state index in [-0.39, 0.29) is 17.0 Å². The van der Waals surface area contributed by atoms with E-state index in [4.69, 9.17) is 0 Å². The molecular formula is C16H14BrF2N. The molecule has 0 aliphatic carbocycles. The van der Waals surface area contributed by atoms with Crippen LogP contribution in [-0.2, 0) is 11.8 Å². The Bertz CT molecular complexity index is 638. The van der Waals surface area contributed by atoms with Crippen LogP contribution in [0.5, 0.6) is 0 Å². The van der Waals surface area contributed by atoms with Crippen molar-refractivity contribution < 1.29 is 8.78 Å². The zero-order chi connectivity index (χ0) is 14.2. The largest absolute Gasteiger partial charge is 0.315 e. The second kappa shape index (κ2) is 5.26. The van der Waals surface area contributed by atoms with Crippen molar-refractivity contribution in [3.05, 3.63) is 69.7 Å². The second-order valence-electron chi connectivity index (χ2n) is 5.31. The molecule has 0 spiro atoms. The molecule has 0 saturated carbocycles. The molecule has 1 saturated heterocycles. The minimum Gasteiger partial charge on any atom is -0.315 e. The van der Waals surface area contributed by atoms with E-state index in [2.05, 4.69) is 21.2 Å². The third-order valence-electron chi connectivity index (χ3n) is 3.91. The molecule has 104 valence electrons. The Balaban J connectivity index is 1.94. The van der Waals surface area contributed by atoms with E-state index in [1.54, 1.807) is 18.2 Å². The van der Waals surface area contributed by atoms with Gasteiger partial charge in [0.15, 0.2) is 0 Å². The highest BCUT2D eigenvalue weighted by Crippen LogP contribution is 2.35. The molecule has 1 aliphatic heterocycles. The van der Waals surface area contributed by atoms with Crippen LogP contribution < -0.4 is 5.32 Å². The molecule has 4 heteroatoms. The number of rotatable bonds is 3. The molecule has 0 amide bonds. The molecule has 20 heavy (non-hydrogen) atoms. The highest BCUT2D eigenvalue weighted by atomic mass is 79.9. The van der Waals surface area contributed by atoms with E-state index in [9.17, 15) is 8.78 Å². The molecule has 1 N–H and O–H groups in total. The Labute approximate surface area is 125 Å². The summed E-state index contributed by atoms with van der Waals surface area (Å²) in [5, 5.41) is 3.26. The van der Waals surface area contributed by atoms with Crippen molar-refractivity contribution >= 4 is 15.9 Å². The summed E-state index contributed by atoms with van der Waals surface area (Å²) in [7, 11) is 0. The first kappa shape index (κ1) is 13.7. The second-order valence-corrected chi connectivity index (χ2v) is 6.16. The molecule has 1 heterocycles. The maximum Gasteiger partial charge on any atom is 0.124 e. The molecule has 2 aromatic carbocycles. The Morgan fingerprint density at radius 1 is 1.05 bits per heavy atom. The summed E-state index contributed by atoms with van der Waals surface area (Å²) in [5.74, 6) is -0.473. The lowest BCUT2D eigenvalue weighted by atomic mass is 9.71. The molecule has 2 aromatic rings. The van der Waals surface area contributed by atoms with Gasteiger partial charge in [0.2, 0.25) is 0 Å². The number of benzene rings is 2. The zero-order valence-electron chi connectivity index (χ0n) is 10.8. The molecule has 1 aliphatic rings. The first-order chi connectivity index (χ1) is 9.59. The van der Waals surface area contributed by atoms with Gasteiger partial charge in [0.25, 0.3) is 0 Å². The summed E-state index contributed by atoms with van der Waals surface area (Å²) >= 11 is 3.41. The lowest BCUT2D eigenvalue weighted by molar-refractivity contribution is 0.273. The number of halogens is 3. The van der Waals surface area contributed by atoms with Crippen LogP contribution in [0, 0.1) is 11.6 Å². The van der Waals surface area contributed by atoms with Crippen LogP contribution in [0.1, 0.15) is 11.1 Å². The fraction of sp³-hybridized carbons (Fsp3) is 0.250. The van der Waals surface area contributed by atoms with Gasteiger partial charge in [-0.15, -0.1) is 0 Å². The summed E-state index contributed by atoms with van der Waals surface area (Å²) in [6.07, 6.45) is 0.754. The number of nitrogens with one attached hydrogen (secondary N) is 1. The Morgan fingerprint density at radius 2 is 1.80 bits per heavy atom. The van der Waals surface area contributed by atoms with Gasteiger partial charge in [-0.1, -0.05) is 34.1 Å². The molecule has 0 bridgehead atoms. The van der Waals surface area contributed by atoms with Crippen molar-refractivity contribution in [2.45, 2.75) is 11.8 Å². The average molecular weight is 338 g/mol. The first-order valence-electron chi connectivity index (χ1n) is 6.50. The molecule has 0 aromatic heterocycles. The minimum absolute atomic E-state index is 0.109. The lowest BCUT2D eigenvalue weighted by Crippen LogP contribution is -2.58. The third kappa shape index (κ3) is 2.50. The van der Waals surface area contributed by atoms with Crippen LogP contribution in [0.15, 0.2) is 46.9 Å². The summed E-state index contributed by atoms with van der Waals surface area (Å²) in [5.41, 5.74) is 1.92. The van der Waals surface area contributed by atoms with Gasteiger partial charge in [0.05, 0.1) is 0 Å². The predicted molar refractivity (Wildman–Crippen MR) is 78.8 cm³/mol. The van der Waals surface area contributed by atoms with E-state index in [0.717, 1.165) is 35.1 Å². The van der Waals surface area contributed by atoms with Gasteiger partial charge < -0.3 is 5.32 Å². The van der Waals surface area contributed by atoms with Crippen molar-refractivity contribution in [2.75, 3.05) is 13.1 Å². The quantitative estimate of drug-likeness (QED) is 0.897. The van der Waals surface area contributed by atoms with Gasteiger partial charge in [0.1, 0.15) is 11.6 Å². The molecule has 0 radical (unpaired) electrons. The SMILES string of the molecule is Fc1cccc(C2(Cc3ccc(F)cc3Br)CNC2)c1. The fourth-order valence-corrected chi connectivity index (χ4v) is 3.20. The highest BCUT2D eigenvalue weighted by Gasteiger charge is 2.39. The fourth-order valence-electron chi connectivity index (χ4n) is 2.71. The Morgan fingerprint density at radius 3 is 2.40 bits per heavy atom. The normalized spacial score (nSPS) is 16.8. The van der Waals surface area contributed by atoms with Crippen LogP contribution in [0.25, 0.3) is 0 Å². The molecule has 0 unspecified atom stereocenters. The van der Waals surface area contributed by atoms with Gasteiger partial charge in [-0.25, -0.2) is 8.78 Å². The summed E-state index contributed by atoms with van der Waals surface area (Å²) in [6.45, 7) is 1.61. The van der Waals surface area contributed by atoms with E-state index >= 15 is 0 Å². The summed E-state index contributed by atoms with van der Waals surface area (Å²) < 4.78 is 27.4. The van der Waals surface area contributed by atoms with Gasteiger partial charge in [0, 0.05) is 23.0 Å². The van der Waals surface area contributed by atoms with E-state index in [1.807, 2.05) is 6.07 Å². The molecule has 1 nitrogen and oxygen atoms in total. The maximum absolute atomic E-state index is 13.4. The van der Waals surface area contributed by atoms with Gasteiger partial charge in [-0.2, -0.15) is 0 Å². The van der Waals surface area contributed by atoms with Crippen LogP contribution in [0.2, 0.25) is 0 Å². The van der Waals surface area contributed by atoms with Crippen LogP contribution in [0.4, 0.5) is 8.78 Å². The minimum atomic E-state index is -0.257. The number of hydrogen-bond acceptors (Lipinski definition) is 1. The molecule has 3 rings (SSSR count). The molecule has 1 fully saturated rings. The summed E-state index contributed by atoms with van der Waals surface area (Å²) in [4.78, 5) is 0. The van der Waals surface area contributed by atoms with E-state index < -0.39 is 0 Å². The zero-order valence-corrected chi connectivity index (χ0v) is 12.4. The van der Waals surface area contributed by atoms with Crippen LogP contribution >= 0.6 is 15.9 Å². The van der Waals surface area contributed by atoms with Crippen molar-refractivity contribution in [3.63, 3.8) is 0 Å². The van der Waals surface area contributed by atoms with Crippen molar-refractivity contribution in [2.24, 2.45) is 0 Å². The molecular weight excluding hydrogens is 324 g/mol. The van der Waals surface area contributed by atoms with Gasteiger partial charge in [-0.05, 0) is 41.8 Å². The lowest BCUT2D eigenvalue weighted by Gasteiger charge is -2.43.